The fourth-order valence-corrected chi connectivity index (χ4v) is 4.27. The van der Waals surface area contributed by atoms with Gasteiger partial charge in [0.1, 0.15) is 10.9 Å². The molecule has 1 saturated heterocycles. The number of hydrogen-bond donors (Lipinski definition) is 1. The molecule has 1 aromatic carbocycles. The third-order valence-electron chi connectivity index (χ3n) is 3.70. The minimum Gasteiger partial charge on any atom is -0.324 e. The van der Waals surface area contributed by atoms with Crippen LogP contribution in [0.4, 0.5) is 5.69 Å². The molecule has 0 aliphatic carbocycles. The van der Waals surface area contributed by atoms with Gasteiger partial charge in [0.2, 0.25) is 5.91 Å². The predicted molar refractivity (Wildman–Crippen MR) is 93.9 cm³/mol. The summed E-state index contributed by atoms with van der Waals surface area (Å²) in [4.78, 5) is 31.5. The number of rotatable bonds is 3. The highest BCUT2D eigenvalue weighted by molar-refractivity contribution is 7.99. The fourth-order valence-electron chi connectivity index (χ4n) is 2.36. The number of carbonyl (C=O) groups is 2. The summed E-state index contributed by atoms with van der Waals surface area (Å²) in [7, 11) is 0. The van der Waals surface area contributed by atoms with Gasteiger partial charge < -0.3 is 10.2 Å². The second-order valence-electron chi connectivity index (χ2n) is 5.41. The molecule has 5 nitrogen and oxygen atoms in total. The summed E-state index contributed by atoms with van der Waals surface area (Å²) in [5.41, 5.74) is 4.26. The molecule has 120 valence electrons. The molecular weight excluding hydrogens is 330 g/mol. The maximum atomic E-state index is 12.6. The van der Waals surface area contributed by atoms with Crippen LogP contribution in [0.5, 0.6) is 0 Å². The lowest BCUT2D eigenvalue weighted by molar-refractivity contribution is -0.119. The molecule has 1 atom stereocenters. The molecule has 0 saturated carbocycles. The van der Waals surface area contributed by atoms with Gasteiger partial charge in [0.15, 0.2) is 0 Å². The fraction of sp³-hybridized carbons (Fsp3) is 0.312. The van der Waals surface area contributed by atoms with E-state index in [1.165, 1.54) is 11.3 Å². The second-order valence-corrected chi connectivity index (χ2v) is 7.27. The van der Waals surface area contributed by atoms with E-state index in [0.29, 0.717) is 16.5 Å². The Balaban J connectivity index is 1.73. The van der Waals surface area contributed by atoms with E-state index in [4.69, 9.17) is 0 Å². The van der Waals surface area contributed by atoms with E-state index in [2.05, 4.69) is 10.3 Å². The quantitative estimate of drug-likeness (QED) is 0.927. The van der Waals surface area contributed by atoms with Crippen molar-refractivity contribution >= 4 is 40.6 Å². The summed E-state index contributed by atoms with van der Waals surface area (Å²) in [5.74, 6) is 0.886. The third kappa shape index (κ3) is 3.40. The number of nitrogens with one attached hydrogen (secondary N) is 1. The Hall–Kier alpha value is -1.86. The lowest BCUT2D eigenvalue weighted by Crippen LogP contribution is -2.44. The van der Waals surface area contributed by atoms with Crippen LogP contribution in [0.15, 0.2) is 29.8 Å². The Morgan fingerprint density at radius 2 is 2.00 bits per heavy atom. The van der Waals surface area contributed by atoms with Crippen molar-refractivity contribution in [1.82, 2.24) is 9.88 Å². The van der Waals surface area contributed by atoms with Gasteiger partial charge in [0, 0.05) is 11.4 Å². The molecular formula is C16H17N3O2S2. The van der Waals surface area contributed by atoms with E-state index in [1.807, 2.05) is 38.1 Å². The molecule has 0 bridgehead atoms. The Morgan fingerprint density at radius 3 is 2.65 bits per heavy atom. The van der Waals surface area contributed by atoms with E-state index in [-0.39, 0.29) is 11.8 Å². The van der Waals surface area contributed by atoms with Gasteiger partial charge in [-0.25, -0.2) is 4.98 Å². The summed E-state index contributed by atoms with van der Waals surface area (Å²) in [5, 5.41) is 2.90. The number of anilines is 1. The summed E-state index contributed by atoms with van der Waals surface area (Å²) in [6.07, 6.45) is 0. The summed E-state index contributed by atoms with van der Waals surface area (Å²) in [6, 6.07) is 7.19. The molecule has 1 fully saturated rings. The van der Waals surface area contributed by atoms with E-state index >= 15 is 0 Å². The number of thioether (sulfide) groups is 1. The first-order valence-electron chi connectivity index (χ1n) is 7.22. The van der Waals surface area contributed by atoms with Crippen LogP contribution in [0, 0.1) is 13.8 Å². The molecule has 0 spiro atoms. The number of hydrogen-bond acceptors (Lipinski definition) is 5. The molecule has 7 heteroatoms. The van der Waals surface area contributed by atoms with Gasteiger partial charge in [0.05, 0.1) is 17.1 Å². The zero-order chi connectivity index (χ0) is 16.4. The van der Waals surface area contributed by atoms with Crippen molar-refractivity contribution in [2.45, 2.75) is 19.9 Å². The maximum absolute atomic E-state index is 12.6. The molecule has 1 unspecified atom stereocenters. The lowest BCUT2D eigenvalue weighted by atomic mass is 10.2. The van der Waals surface area contributed by atoms with Gasteiger partial charge in [-0.2, -0.15) is 0 Å². The molecule has 1 N–H and O–H groups in total. The maximum Gasteiger partial charge on any atom is 0.267 e. The first-order chi connectivity index (χ1) is 11.1. The van der Waals surface area contributed by atoms with E-state index in [0.717, 1.165) is 16.9 Å². The highest BCUT2D eigenvalue weighted by Crippen LogP contribution is 2.26. The largest absolute Gasteiger partial charge is 0.324 e. The van der Waals surface area contributed by atoms with Crippen LogP contribution < -0.4 is 5.32 Å². The standard InChI is InChI=1S/C16H17N3O2S2/c1-10-3-5-12(6-4-10)18-15(20)13-7-22-9-19(13)16(21)14-11(2)17-8-23-14/h3-6,8,13H,7,9H2,1-2H3,(H,18,20). The van der Waals surface area contributed by atoms with Crippen molar-refractivity contribution in [2.24, 2.45) is 0 Å². The Kier molecular flexibility index (Phi) is 4.68. The average Bonchev–Trinajstić information content (AvgIpc) is 3.17. The van der Waals surface area contributed by atoms with Gasteiger partial charge in [-0.05, 0) is 26.0 Å². The molecule has 23 heavy (non-hydrogen) atoms. The highest BCUT2D eigenvalue weighted by Gasteiger charge is 2.36. The second kappa shape index (κ2) is 6.72. The topological polar surface area (TPSA) is 62.3 Å². The van der Waals surface area contributed by atoms with Gasteiger partial charge in [-0.1, -0.05) is 17.7 Å². The van der Waals surface area contributed by atoms with Crippen LogP contribution in [0.25, 0.3) is 0 Å². The van der Waals surface area contributed by atoms with E-state index in [9.17, 15) is 9.59 Å². The van der Waals surface area contributed by atoms with Crippen LogP contribution in [0.2, 0.25) is 0 Å². The van der Waals surface area contributed by atoms with Crippen LogP contribution in [0.3, 0.4) is 0 Å². The number of amides is 2. The first-order valence-corrected chi connectivity index (χ1v) is 9.26. The van der Waals surface area contributed by atoms with Gasteiger partial charge >= 0.3 is 0 Å². The van der Waals surface area contributed by atoms with Gasteiger partial charge in [0.25, 0.3) is 5.91 Å². The molecule has 1 aromatic heterocycles. The van der Waals surface area contributed by atoms with Crippen LogP contribution in [-0.4, -0.2) is 39.4 Å². The molecule has 3 rings (SSSR count). The minimum absolute atomic E-state index is 0.112. The van der Waals surface area contributed by atoms with Crippen molar-refractivity contribution in [3.05, 3.63) is 45.9 Å². The van der Waals surface area contributed by atoms with Crippen molar-refractivity contribution in [2.75, 3.05) is 16.9 Å². The normalized spacial score (nSPS) is 17.3. The Morgan fingerprint density at radius 1 is 1.26 bits per heavy atom. The van der Waals surface area contributed by atoms with E-state index < -0.39 is 6.04 Å². The highest BCUT2D eigenvalue weighted by atomic mass is 32.2. The summed E-state index contributed by atoms with van der Waals surface area (Å²) in [6.45, 7) is 3.81. The average molecular weight is 347 g/mol. The molecule has 2 aromatic rings. The zero-order valence-electron chi connectivity index (χ0n) is 12.9. The number of aryl methyl sites for hydroxylation is 2. The SMILES string of the molecule is Cc1ccc(NC(=O)C2CSCN2C(=O)c2scnc2C)cc1. The zero-order valence-corrected chi connectivity index (χ0v) is 14.5. The van der Waals surface area contributed by atoms with Crippen molar-refractivity contribution < 1.29 is 9.59 Å². The Labute approximate surface area is 143 Å². The van der Waals surface area contributed by atoms with Gasteiger partial charge in [-0.15, -0.1) is 23.1 Å². The minimum atomic E-state index is -0.449. The van der Waals surface area contributed by atoms with Crippen LogP contribution in [0.1, 0.15) is 20.9 Å². The molecule has 1 aliphatic rings. The van der Waals surface area contributed by atoms with E-state index in [1.54, 1.807) is 22.2 Å². The van der Waals surface area contributed by atoms with Crippen LogP contribution in [-0.2, 0) is 4.79 Å². The first kappa shape index (κ1) is 16.0. The van der Waals surface area contributed by atoms with Crippen molar-refractivity contribution in [3.63, 3.8) is 0 Å². The summed E-state index contributed by atoms with van der Waals surface area (Å²) >= 11 is 2.91. The number of thiazole rings is 1. The predicted octanol–water partition coefficient (Wildman–Crippen LogP) is 2.91. The van der Waals surface area contributed by atoms with Crippen molar-refractivity contribution in [1.29, 1.82) is 0 Å². The molecule has 2 amide bonds. The number of carbonyl (C=O) groups excluding carboxylic acids is 2. The smallest absolute Gasteiger partial charge is 0.267 e. The Bertz CT molecular complexity index is 727. The van der Waals surface area contributed by atoms with Gasteiger partial charge in [-0.3, -0.25) is 9.59 Å². The summed E-state index contributed by atoms with van der Waals surface area (Å²) < 4.78 is 0. The number of benzene rings is 1. The van der Waals surface area contributed by atoms with Crippen molar-refractivity contribution in [3.8, 4) is 0 Å². The third-order valence-corrected chi connectivity index (χ3v) is 5.63. The lowest BCUT2D eigenvalue weighted by Gasteiger charge is -2.22. The molecule has 0 radical (unpaired) electrons. The number of aromatic nitrogens is 1. The molecule has 2 heterocycles. The molecule has 1 aliphatic heterocycles. The number of nitrogens with zero attached hydrogens (tertiary/aromatic N) is 2. The monoisotopic (exact) mass is 347 g/mol. The van der Waals surface area contributed by atoms with Crippen LogP contribution >= 0.6 is 23.1 Å².